The van der Waals surface area contributed by atoms with Gasteiger partial charge in [-0.15, -0.1) is 11.8 Å². The van der Waals surface area contributed by atoms with Crippen LogP contribution in [0.2, 0.25) is 0 Å². The number of aliphatic hydroxyl groups is 1. The molecule has 0 aromatic heterocycles. The van der Waals surface area contributed by atoms with Crippen LogP contribution in [0.1, 0.15) is 78.1 Å². The van der Waals surface area contributed by atoms with E-state index in [2.05, 4.69) is 30.6 Å². The number of allylic oxidation sites excluding steroid dienone is 1. The summed E-state index contributed by atoms with van der Waals surface area (Å²) in [4.78, 5) is 0. The first-order valence-corrected chi connectivity index (χ1v) is 13.5. The maximum Gasteiger partial charge on any atom is 0.159 e. The Morgan fingerprint density at radius 3 is 2.51 bits per heavy atom. The minimum absolute atomic E-state index is 0.0163. The molecule has 2 saturated heterocycles. The molecule has 1 N–H and O–H groups in total. The molecule has 2 aliphatic heterocycles. The maximum absolute atomic E-state index is 14.2. The van der Waals surface area contributed by atoms with Crippen molar-refractivity contribution in [3.05, 3.63) is 11.4 Å². The van der Waals surface area contributed by atoms with E-state index in [0.29, 0.717) is 25.2 Å². The predicted molar refractivity (Wildman–Crippen MR) is 131 cm³/mol. The number of fused-ring (bicyclic) bond motifs is 1. The first-order valence-electron chi connectivity index (χ1n) is 13.5. The van der Waals surface area contributed by atoms with Crippen LogP contribution in [0.15, 0.2) is 11.4 Å². The van der Waals surface area contributed by atoms with E-state index in [4.69, 9.17) is 18.9 Å². The normalized spacial score (nSPS) is 35.8. The van der Waals surface area contributed by atoms with Crippen LogP contribution in [0.25, 0.3) is 0 Å². The predicted octanol–water partition coefficient (Wildman–Crippen LogP) is 5.12. The van der Waals surface area contributed by atoms with E-state index in [9.17, 15) is 9.50 Å². The highest BCUT2D eigenvalue weighted by Crippen LogP contribution is 2.52. The van der Waals surface area contributed by atoms with E-state index in [1.807, 2.05) is 6.92 Å². The standard InChI is InChI=1S/C29H41FO5/c1-3-4-9-20(2)26(34-28-10-5-7-14-32-28)13-12-23-24-17-22(25(30)19-31)16-21(24)18-27(23)35-29-11-6-8-15-33-29/h20-21,23-24,26-29,31H,5-11,14-19H2,1-2H3/b25-22+/t20?,21-,23+,24-,26+,27+,28?,29?/m0/s1. The second kappa shape index (κ2) is 13.2. The van der Waals surface area contributed by atoms with Gasteiger partial charge in [-0.1, -0.05) is 18.8 Å². The summed E-state index contributed by atoms with van der Waals surface area (Å²) in [6.45, 7) is 4.92. The van der Waals surface area contributed by atoms with Gasteiger partial charge in [0, 0.05) is 25.6 Å². The van der Waals surface area contributed by atoms with Gasteiger partial charge in [-0.3, -0.25) is 0 Å². The maximum atomic E-state index is 14.2. The smallest absolute Gasteiger partial charge is 0.159 e. The lowest BCUT2D eigenvalue weighted by Crippen LogP contribution is -2.32. The fraction of sp³-hybridized carbons (Fsp3) is 0.793. The Kier molecular flexibility index (Phi) is 10.1. The van der Waals surface area contributed by atoms with Crippen molar-refractivity contribution in [2.24, 2.45) is 23.7 Å². The Balaban J connectivity index is 1.53. The van der Waals surface area contributed by atoms with Gasteiger partial charge < -0.3 is 24.1 Å². The van der Waals surface area contributed by atoms with Crippen molar-refractivity contribution < 1.29 is 28.4 Å². The van der Waals surface area contributed by atoms with Crippen LogP contribution in [-0.2, 0) is 18.9 Å². The average Bonchev–Trinajstić information content (AvgIpc) is 3.44. The molecule has 0 aromatic carbocycles. The van der Waals surface area contributed by atoms with Gasteiger partial charge in [0.2, 0.25) is 0 Å². The number of hydrogen-bond acceptors (Lipinski definition) is 5. The fourth-order valence-electron chi connectivity index (χ4n) is 5.93. The van der Waals surface area contributed by atoms with E-state index in [-0.39, 0.29) is 48.4 Å². The van der Waals surface area contributed by atoms with E-state index in [1.165, 1.54) is 0 Å². The molecule has 4 rings (SSSR count). The molecule has 0 radical (unpaired) electrons. The van der Waals surface area contributed by atoms with Crippen LogP contribution < -0.4 is 0 Å². The summed E-state index contributed by atoms with van der Waals surface area (Å²) in [6.07, 6.45) is 8.32. The fourth-order valence-corrected chi connectivity index (χ4v) is 5.93. The summed E-state index contributed by atoms with van der Waals surface area (Å²) < 4.78 is 38.8. The molecule has 4 aliphatic rings. The molecule has 194 valence electrons. The zero-order valence-electron chi connectivity index (χ0n) is 21.3. The van der Waals surface area contributed by atoms with Gasteiger partial charge in [0.05, 0.1) is 18.6 Å². The molecule has 2 heterocycles. The highest BCUT2D eigenvalue weighted by molar-refractivity contribution is 5.24. The van der Waals surface area contributed by atoms with Gasteiger partial charge in [0.1, 0.15) is 11.9 Å². The third kappa shape index (κ3) is 7.09. The first-order chi connectivity index (χ1) is 17.1. The van der Waals surface area contributed by atoms with Gasteiger partial charge in [0.25, 0.3) is 0 Å². The van der Waals surface area contributed by atoms with Crippen molar-refractivity contribution >= 4 is 0 Å². The molecule has 0 amide bonds. The molecule has 2 aliphatic carbocycles. The van der Waals surface area contributed by atoms with Crippen molar-refractivity contribution in [1.82, 2.24) is 0 Å². The zero-order valence-corrected chi connectivity index (χ0v) is 21.3. The molecule has 0 bridgehead atoms. The zero-order chi connectivity index (χ0) is 24.6. The first kappa shape index (κ1) is 26.6. The lowest BCUT2D eigenvalue weighted by atomic mass is 9.90. The van der Waals surface area contributed by atoms with Crippen molar-refractivity contribution in [2.45, 2.75) is 103 Å². The number of halogens is 1. The average molecular weight is 489 g/mol. The van der Waals surface area contributed by atoms with E-state index in [1.54, 1.807) is 0 Å². The summed E-state index contributed by atoms with van der Waals surface area (Å²) in [7, 11) is 0. The Labute approximate surface area is 210 Å². The summed E-state index contributed by atoms with van der Waals surface area (Å²) >= 11 is 0. The molecular weight excluding hydrogens is 447 g/mol. The van der Waals surface area contributed by atoms with E-state index in [0.717, 1.165) is 63.7 Å². The minimum atomic E-state index is -0.520. The van der Waals surface area contributed by atoms with Gasteiger partial charge in [-0.05, 0) is 82.1 Å². The molecule has 4 fully saturated rings. The van der Waals surface area contributed by atoms with Crippen LogP contribution in [0.3, 0.4) is 0 Å². The number of aliphatic hydroxyl groups excluding tert-OH is 1. The molecule has 3 unspecified atom stereocenters. The van der Waals surface area contributed by atoms with Crippen LogP contribution in [0.4, 0.5) is 4.39 Å². The molecule has 5 nitrogen and oxygen atoms in total. The topological polar surface area (TPSA) is 57.2 Å². The largest absolute Gasteiger partial charge is 0.389 e. The third-order valence-corrected chi connectivity index (χ3v) is 7.93. The quantitative estimate of drug-likeness (QED) is 0.504. The second-order valence-corrected chi connectivity index (χ2v) is 10.5. The van der Waals surface area contributed by atoms with Crippen molar-refractivity contribution in [2.75, 3.05) is 19.8 Å². The highest BCUT2D eigenvalue weighted by atomic mass is 19.1. The number of ether oxygens (including phenoxy) is 4. The van der Waals surface area contributed by atoms with E-state index >= 15 is 0 Å². The van der Waals surface area contributed by atoms with Gasteiger partial charge in [-0.25, -0.2) is 4.39 Å². The molecular formula is C29H41FO5. The Morgan fingerprint density at radius 1 is 1.11 bits per heavy atom. The Bertz CT molecular complexity index is 837. The lowest BCUT2D eigenvalue weighted by molar-refractivity contribution is -0.192. The van der Waals surface area contributed by atoms with Crippen LogP contribution in [-0.4, -0.2) is 49.7 Å². The molecule has 6 heteroatoms. The van der Waals surface area contributed by atoms with Gasteiger partial charge in [0.15, 0.2) is 12.6 Å². The third-order valence-electron chi connectivity index (χ3n) is 7.93. The van der Waals surface area contributed by atoms with Crippen LogP contribution >= 0.6 is 0 Å². The van der Waals surface area contributed by atoms with Crippen molar-refractivity contribution in [3.8, 4) is 23.7 Å². The Morgan fingerprint density at radius 2 is 1.86 bits per heavy atom. The molecule has 2 saturated carbocycles. The molecule has 0 spiro atoms. The SMILES string of the molecule is CC#CCC(C)[C@@H](C#C[C@@H]1[C@H]2C/C(=C(/F)CO)C[C@H]2C[C@H]1OC1CCCCO1)OC1CCCCO1. The van der Waals surface area contributed by atoms with Crippen molar-refractivity contribution in [3.63, 3.8) is 0 Å². The number of rotatable bonds is 7. The number of hydrogen-bond donors (Lipinski definition) is 1. The Hall–Kier alpha value is -1.41. The molecule has 8 atom stereocenters. The second-order valence-electron chi connectivity index (χ2n) is 10.5. The highest BCUT2D eigenvalue weighted by Gasteiger charge is 2.48. The lowest BCUT2D eigenvalue weighted by Gasteiger charge is -2.29. The summed E-state index contributed by atoms with van der Waals surface area (Å²) in [5, 5.41) is 9.31. The summed E-state index contributed by atoms with van der Waals surface area (Å²) in [5.41, 5.74) is 0.747. The van der Waals surface area contributed by atoms with E-state index < -0.39 is 6.61 Å². The van der Waals surface area contributed by atoms with Crippen molar-refractivity contribution in [1.29, 1.82) is 0 Å². The monoisotopic (exact) mass is 488 g/mol. The van der Waals surface area contributed by atoms with Gasteiger partial charge in [-0.2, -0.15) is 0 Å². The van der Waals surface area contributed by atoms with Crippen LogP contribution in [0, 0.1) is 47.4 Å². The minimum Gasteiger partial charge on any atom is -0.389 e. The molecule has 35 heavy (non-hydrogen) atoms. The van der Waals surface area contributed by atoms with Gasteiger partial charge >= 0.3 is 0 Å². The van der Waals surface area contributed by atoms with Crippen LogP contribution in [0.5, 0.6) is 0 Å². The summed E-state index contributed by atoms with van der Waals surface area (Å²) in [6, 6.07) is 0. The molecule has 0 aromatic rings. The summed E-state index contributed by atoms with van der Waals surface area (Å²) in [5.74, 6) is 13.4.